The van der Waals surface area contributed by atoms with Crippen LogP contribution in [0.2, 0.25) is 0 Å². The van der Waals surface area contributed by atoms with Crippen LogP contribution in [0.5, 0.6) is 5.75 Å². The van der Waals surface area contributed by atoms with E-state index in [4.69, 9.17) is 10.5 Å². The van der Waals surface area contributed by atoms with E-state index in [1.54, 1.807) is 0 Å². The molecule has 0 spiro atoms. The fourth-order valence-electron chi connectivity index (χ4n) is 1.25. The number of nitrogens with two attached hydrogens (primary N) is 1. The average Bonchev–Trinajstić information content (AvgIpc) is 2.25. The number of hydrogen-bond donors (Lipinski definition) is 1. The first kappa shape index (κ1) is 13.2. The van der Waals surface area contributed by atoms with Crippen LogP contribution >= 0.6 is 0 Å². The van der Waals surface area contributed by atoms with Crippen molar-refractivity contribution in [2.24, 2.45) is 5.73 Å². The summed E-state index contributed by atoms with van der Waals surface area (Å²) in [7, 11) is 1.16. The molecule has 0 radical (unpaired) electrons. The van der Waals surface area contributed by atoms with Crippen molar-refractivity contribution in [3.8, 4) is 5.75 Å². The third-order valence-electron chi connectivity index (χ3n) is 2.11. The molecule has 0 saturated heterocycles. The van der Waals surface area contributed by atoms with E-state index in [9.17, 15) is 23.3 Å². The third kappa shape index (κ3) is 2.84. The van der Waals surface area contributed by atoms with Gasteiger partial charge in [-0.1, -0.05) is 0 Å². The Hall–Kier alpha value is -1.83. The summed E-state index contributed by atoms with van der Waals surface area (Å²) in [5.74, 6) is -0.138. The predicted molar refractivity (Wildman–Crippen MR) is 52.6 cm³/mol. The molecule has 8 heteroatoms. The summed E-state index contributed by atoms with van der Waals surface area (Å²) in [6.07, 6.45) is -4.69. The Bertz CT molecular complexity index is 434. The van der Waals surface area contributed by atoms with Gasteiger partial charge in [-0.05, 0) is 6.07 Å². The number of nitrogens with zero attached hydrogens (tertiary/aromatic N) is 1. The lowest BCUT2D eigenvalue weighted by Gasteiger charge is -2.18. The lowest BCUT2D eigenvalue weighted by Crippen LogP contribution is -2.28. The monoisotopic (exact) mass is 250 g/mol. The number of ether oxygens (including phenoxy) is 1. The fraction of sp³-hybridized carbons (Fsp3) is 0.333. The number of nitro benzene ring substituents is 1. The van der Waals surface area contributed by atoms with E-state index in [-0.39, 0.29) is 5.75 Å². The summed E-state index contributed by atoms with van der Waals surface area (Å²) in [5, 5.41) is 10.5. The first-order valence-corrected chi connectivity index (χ1v) is 4.42. The van der Waals surface area contributed by atoms with Crippen LogP contribution in [0.15, 0.2) is 18.2 Å². The number of nitro groups is 1. The smallest absolute Gasteiger partial charge is 0.407 e. The van der Waals surface area contributed by atoms with Crippen molar-refractivity contribution in [3.63, 3.8) is 0 Å². The molecule has 1 rings (SSSR count). The molecule has 17 heavy (non-hydrogen) atoms. The van der Waals surface area contributed by atoms with Crippen LogP contribution in [-0.2, 0) is 0 Å². The second-order valence-corrected chi connectivity index (χ2v) is 3.20. The number of rotatable bonds is 3. The number of methoxy groups -OCH3 is 1. The van der Waals surface area contributed by atoms with Crippen LogP contribution in [0, 0.1) is 10.1 Å². The lowest BCUT2D eigenvalue weighted by atomic mass is 10.1. The molecule has 0 unspecified atom stereocenters. The van der Waals surface area contributed by atoms with Crippen molar-refractivity contribution in [2.75, 3.05) is 7.11 Å². The van der Waals surface area contributed by atoms with Gasteiger partial charge in [0.05, 0.1) is 12.0 Å². The summed E-state index contributed by atoms with van der Waals surface area (Å²) < 4.78 is 42.0. The first-order chi connectivity index (χ1) is 7.77. The third-order valence-corrected chi connectivity index (χ3v) is 2.11. The highest BCUT2D eigenvalue weighted by molar-refractivity contribution is 5.45. The molecular formula is C9H9F3N2O3. The number of benzene rings is 1. The van der Waals surface area contributed by atoms with Gasteiger partial charge in [-0.25, -0.2) is 0 Å². The maximum absolute atomic E-state index is 12.4. The molecule has 0 aliphatic heterocycles. The van der Waals surface area contributed by atoms with Crippen molar-refractivity contribution in [2.45, 2.75) is 12.2 Å². The quantitative estimate of drug-likeness (QED) is 0.658. The maximum atomic E-state index is 12.4. The Kier molecular flexibility index (Phi) is 3.56. The van der Waals surface area contributed by atoms with E-state index < -0.39 is 28.4 Å². The van der Waals surface area contributed by atoms with Crippen LogP contribution in [0.1, 0.15) is 11.6 Å². The highest BCUT2D eigenvalue weighted by Gasteiger charge is 2.40. The standard InChI is InChI=1S/C9H9F3N2O3/c1-17-7-3-2-5(14(15)16)4-6(7)8(13)9(10,11)12/h2-4,8H,13H2,1H3/t8-/m1/s1. The van der Waals surface area contributed by atoms with Crippen molar-refractivity contribution < 1.29 is 22.8 Å². The van der Waals surface area contributed by atoms with Gasteiger partial charge in [-0.15, -0.1) is 0 Å². The van der Waals surface area contributed by atoms with Crippen molar-refractivity contribution in [1.82, 2.24) is 0 Å². The molecule has 5 nitrogen and oxygen atoms in total. The van der Waals surface area contributed by atoms with Crippen LogP contribution < -0.4 is 10.5 Å². The minimum atomic E-state index is -4.69. The molecule has 1 aromatic carbocycles. The van der Waals surface area contributed by atoms with E-state index in [0.29, 0.717) is 0 Å². The normalized spacial score (nSPS) is 13.2. The molecule has 1 atom stereocenters. The molecule has 0 bridgehead atoms. The van der Waals surface area contributed by atoms with Crippen LogP contribution in [0.25, 0.3) is 0 Å². The lowest BCUT2D eigenvalue weighted by molar-refractivity contribution is -0.385. The largest absolute Gasteiger partial charge is 0.496 e. The molecule has 0 aromatic heterocycles. The molecule has 0 saturated carbocycles. The number of non-ortho nitro benzene ring substituents is 1. The highest BCUT2D eigenvalue weighted by Crippen LogP contribution is 2.37. The number of hydrogen-bond acceptors (Lipinski definition) is 4. The summed E-state index contributed by atoms with van der Waals surface area (Å²) in [6, 6.07) is 0.568. The molecule has 94 valence electrons. The van der Waals surface area contributed by atoms with E-state index in [2.05, 4.69) is 0 Å². The molecule has 0 aliphatic rings. The second kappa shape index (κ2) is 4.58. The summed E-state index contributed by atoms with van der Waals surface area (Å²) in [6.45, 7) is 0. The van der Waals surface area contributed by atoms with E-state index in [1.807, 2.05) is 0 Å². The SMILES string of the molecule is COc1ccc([N+](=O)[O-])cc1[C@@H](N)C(F)(F)F. The Morgan fingerprint density at radius 2 is 2.06 bits per heavy atom. The summed E-state index contributed by atoms with van der Waals surface area (Å²) >= 11 is 0. The van der Waals surface area contributed by atoms with Crippen molar-refractivity contribution >= 4 is 5.69 Å². The number of halogens is 3. The average molecular weight is 250 g/mol. The molecule has 0 heterocycles. The molecule has 0 fully saturated rings. The molecule has 0 amide bonds. The molecule has 2 N–H and O–H groups in total. The van der Waals surface area contributed by atoms with E-state index in [0.717, 1.165) is 25.3 Å². The second-order valence-electron chi connectivity index (χ2n) is 3.20. The van der Waals surface area contributed by atoms with Crippen LogP contribution in [0.3, 0.4) is 0 Å². The van der Waals surface area contributed by atoms with Gasteiger partial charge in [0.25, 0.3) is 5.69 Å². The fourth-order valence-corrected chi connectivity index (χ4v) is 1.25. The highest BCUT2D eigenvalue weighted by atomic mass is 19.4. The van der Waals surface area contributed by atoms with Crippen molar-refractivity contribution in [3.05, 3.63) is 33.9 Å². The maximum Gasteiger partial charge on any atom is 0.407 e. The van der Waals surface area contributed by atoms with E-state index in [1.165, 1.54) is 0 Å². The van der Waals surface area contributed by atoms with Gasteiger partial charge in [-0.2, -0.15) is 13.2 Å². The van der Waals surface area contributed by atoms with Crippen LogP contribution in [0.4, 0.5) is 18.9 Å². The zero-order valence-electron chi connectivity index (χ0n) is 8.69. The van der Waals surface area contributed by atoms with E-state index >= 15 is 0 Å². The summed E-state index contributed by atoms with van der Waals surface area (Å²) in [4.78, 5) is 9.67. The zero-order valence-corrected chi connectivity index (χ0v) is 8.69. The Labute approximate surface area is 94.1 Å². The topological polar surface area (TPSA) is 78.4 Å². The van der Waals surface area contributed by atoms with Gasteiger partial charge in [0.2, 0.25) is 0 Å². The van der Waals surface area contributed by atoms with Gasteiger partial charge >= 0.3 is 6.18 Å². The van der Waals surface area contributed by atoms with Crippen LogP contribution in [-0.4, -0.2) is 18.2 Å². The minimum Gasteiger partial charge on any atom is -0.496 e. The zero-order chi connectivity index (χ0) is 13.2. The minimum absolute atomic E-state index is 0.138. The van der Waals surface area contributed by atoms with Gasteiger partial charge in [0.15, 0.2) is 0 Å². The Balaban J connectivity index is 3.28. The summed E-state index contributed by atoms with van der Waals surface area (Å²) in [5.41, 5.74) is 4.05. The molecule has 0 aliphatic carbocycles. The Morgan fingerprint density at radius 3 is 2.47 bits per heavy atom. The Morgan fingerprint density at radius 1 is 1.47 bits per heavy atom. The van der Waals surface area contributed by atoms with Gasteiger partial charge in [-0.3, -0.25) is 10.1 Å². The number of alkyl halides is 3. The predicted octanol–water partition coefficient (Wildman–Crippen LogP) is 2.17. The van der Waals surface area contributed by atoms with Gasteiger partial charge in [0.1, 0.15) is 11.8 Å². The molecular weight excluding hydrogens is 241 g/mol. The molecule has 1 aromatic rings. The van der Waals surface area contributed by atoms with Gasteiger partial charge in [0, 0.05) is 17.7 Å². The van der Waals surface area contributed by atoms with Crippen molar-refractivity contribution in [1.29, 1.82) is 0 Å². The van der Waals surface area contributed by atoms with Gasteiger partial charge < -0.3 is 10.5 Å². The first-order valence-electron chi connectivity index (χ1n) is 4.42.